The molecule has 1 aromatic heterocycles. The molecule has 0 saturated carbocycles. The Labute approximate surface area is 188 Å². The maximum Gasteiger partial charge on any atom is 0.249 e. The fourth-order valence-electron chi connectivity index (χ4n) is 3.82. The van der Waals surface area contributed by atoms with Gasteiger partial charge in [-0.3, -0.25) is 9.59 Å². The molecule has 2 amide bonds. The second-order valence-electron chi connectivity index (χ2n) is 9.04. The number of nitrogens with zero attached hydrogens (tertiary/aromatic N) is 4. The van der Waals surface area contributed by atoms with Gasteiger partial charge >= 0.3 is 0 Å². The molecule has 1 atom stereocenters. The minimum Gasteiger partial charge on any atom is -0.337 e. The van der Waals surface area contributed by atoms with Gasteiger partial charge in [-0.2, -0.15) is 4.98 Å². The van der Waals surface area contributed by atoms with Crippen molar-refractivity contribution in [2.24, 2.45) is 5.41 Å². The molecule has 7 nitrogen and oxygen atoms in total. The SMILES string of the molecule is CCCN(CC(=O)N1CCCCC1c1nc(-c2ccc(Cl)cc2)no1)C(=O)C(C)(C)C. The fraction of sp³-hybridized carbons (Fsp3) is 0.565. The molecule has 1 fully saturated rings. The van der Waals surface area contributed by atoms with E-state index in [1.54, 1.807) is 21.9 Å². The lowest BCUT2D eigenvalue weighted by Crippen LogP contribution is -2.48. The number of carbonyl (C=O) groups is 2. The molecule has 1 aromatic carbocycles. The highest BCUT2D eigenvalue weighted by Gasteiger charge is 2.35. The number of rotatable bonds is 6. The van der Waals surface area contributed by atoms with Gasteiger partial charge in [0, 0.05) is 29.1 Å². The molecule has 0 N–H and O–H groups in total. The molecule has 1 unspecified atom stereocenters. The predicted molar refractivity (Wildman–Crippen MR) is 119 cm³/mol. The van der Waals surface area contributed by atoms with E-state index in [9.17, 15) is 9.59 Å². The Morgan fingerprint density at radius 2 is 1.94 bits per heavy atom. The Morgan fingerprint density at radius 3 is 2.58 bits per heavy atom. The molecule has 2 aromatic rings. The van der Waals surface area contributed by atoms with Gasteiger partial charge in [0.15, 0.2) is 0 Å². The van der Waals surface area contributed by atoms with Gasteiger partial charge in [0.05, 0.1) is 6.54 Å². The van der Waals surface area contributed by atoms with Crippen LogP contribution >= 0.6 is 11.6 Å². The van der Waals surface area contributed by atoms with Crippen LogP contribution in [0.2, 0.25) is 5.02 Å². The highest BCUT2D eigenvalue weighted by molar-refractivity contribution is 6.30. The van der Waals surface area contributed by atoms with Gasteiger partial charge in [0.2, 0.25) is 23.5 Å². The first kappa shape index (κ1) is 23.3. The van der Waals surface area contributed by atoms with E-state index in [1.165, 1.54) is 0 Å². The van der Waals surface area contributed by atoms with Crippen molar-refractivity contribution in [3.05, 3.63) is 35.2 Å². The maximum absolute atomic E-state index is 13.2. The largest absolute Gasteiger partial charge is 0.337 e. The van der Waals surface area contributed by atoms with Crippen molar-refractivity contribution in [2.75, 3.05) is 19.6 Å². The minimum atomic E-state index is -0.531. The number of halogens is 1. The Bertz CT molecular complexity index is 904. The van der Waals surface area contributed by atoms with Gasteiger partial charge in [0.25, 0.3) is 0 Å². The van der Waals surface area contributed by atoms with Crippen LogP contribution in [0.1, 0.15) is 65.3 Å². The zero-order valence-corrected chi connectivity index (χ0v) is 19.5. The number of likely N-dealkylation sites (tertiary alicyclic amines) is 1. The first-order valence-corrected chi connectivity index (χ1v) is 11.3. The number of piperidine rings is 1. The van der Waals surface area contributed by atoms with E-state index in [4.69, 9.17) is 16.1 Å². The smallest absolute Gasteiger partial charge is 0.249 e. The number of benzene rings is 1. The van der Waals surface area contributed by atoms with E-state index >= 15 is 0 Å². The molecular weight excluding hydrogens is 416 g/mol. The molecule has 0 spiro atoms. The van der Waals surface area contributed by atoms with E-state index in [-0.39, 0.29) is 24.4 Å². The Morgan fingerprint density at radius 1 is 1.23 bits per heavy atom. The van der Waals surface area contributed by atoms with Crippen LogP contribution in [0.3, 0.4) is 0 Å². The topological polar surface area (TPSA) is 79.5 Å². The molecule has 0 radical (unpaired) electrons. The second-order valence-corrected chi connectivity index (χ2v) is 9.47. The molecule has 31 heavy (non-hydrogen) atoms. The van der Waals surface area contributed by atoms with E-state index in [0.717, 1.165) is 31.2 Å². The molecule has 168 valence electrons. The second kappa shape index (κ2) is 9.81. The van der Waals surface area contributed by atoms with Crippen molar-refractivity contribution in [3.63, 3.8) is 0 Å². The molecule has 2 heterocycles. The summed E-state index contributed by atoms with van der Waals surface area (Å²) in [7, 11) is 0. The summed E-state index contributed by atoms with van der Waals surface area (Å²) in [6, 6.07) is 6.95. The third kappa shape index (κ3) is 5.64. The van der Waals surface area contributed by atoms with Gasteiger partial charge in [-0.1, -0.05) is 44.5 Å². The Hall–Kier alpha value is -2.41. The van der Waals surface area contributed by atoms with E-state index in [1.807, 2.05) is 39.8 Å². The summed E-state index contributed by atoms with van der Waals surface area (Å²) in [5.74, 6) is 0.809. The number of hydrogen-bond acceptors (Lipinski definition) is 5. The summed E-state index contributed by atoms with van der Waals surface area (Å²) >= 11 is 5.96. The average molecular weight is 447 g/mol. The first-order chi connectivity index (χ1) is 14.7. The van der Waals surface area contributed by atoms with Gasteiger partial charge in [-0.25, -0.2) is 0 Å². The molecule has 0 aliphatic carbocycles. The lowest BCUT2D eigenvalue weighted by Gasteiger charge is -2.36. The highest BCUT2D eigenvalue weighted by atomic mass is 35.5. The summed E-state index contributed by atoms with van der Waals surface area (Å²) in [6.07, 6.45) is 3.45. The molecule has 8 heteroatoms. The number of amides is 2. The molecule has 1 aliphatic heterocycles. The van der Waals surface area contributed by atoms with Crippen LogP contribution in [0.4, 0.5) is 0 Å². The fourth-order valence-corrected chi connectivity index (χ4v) is 3.95. The normalized spacial score (nSPS) is 16.9. The monoisotopic (exact) mass is 446 g/mol. The molecular formula is C23H31ClN4O3. The Kier molecular flexibility index (Phi) is 7.36. The lowest BCUT2D eigenvalue weighted by atomic mass is 9.94. The quantitative estimate of drug-likeness (QED) is 0.640. The van der Waals surface area contributed by atoms with Crippen molar-refractivity contribution >= 4 is 23.4 Å². The number of carbonyl (C=O) groups excluding carboxylic acids is 2. The van der Waals surface area contributed by atoms with Gasteiger partial charge in [0.1, 0.15) is 6.04 Å². The van der Waals surface area contributed by atoms with Crippen LogP contribution in [0.25, 0.3) is 11.4 Å². The summed E-state index contributed by atoms with van der Waals surface area (Å²) in [5.41, 5.74) is 0.273. The van der Waals surface area contributed by atoms with Crippen molar-refractivity contribution in [2.45, 2.75) is 59.4 Å². The predicted octanol–water partition coefficient (Wildman–Crippen LogP) is 4.73. The molecule has 0 bridgehead atoms. The third-order valence-corrected chi connectivity index (χ3v) is 5.65. The van der Waals surface area contributed by atoms with Crippen molar-refractivity contribution in [3.8, 4) is 11.4 Å². The average Bonchev–Trinajstić information content (AvgIpc) is 3.23. The van der Waals surface area contributed by atoms with Crippen LogP contribution in [0, 0.1) is 5.41 Å². The van der Waals surface area contributed by atoms with Gasteiger partial charge < -0.3 is 14.3 Å². The third-order valence-electron chi connectivity index (χ3n) is 5.40. The summed E-state index contributed by atoms with van der Waals surface area (Å²) in [4.78, 5) is 34.1. The first-order valence-electron chi connectivity index (χ1n) is 10.9. The standard InChI is InChI=1S/C23H31ClN4O3/c1-5-13-27(22(30)23(2,3)4)15-19(29)28-14-7-6-8-18(28)21-25-20(26-31-21)16-9-11-17(24)12-10-16/h9-12,18H,5-8,13-15H2,1-4H3. The van der Waals surface area contributed by atoms with Crippen LogP contribution in [-0.4, -0.2) is 51.4 Å². The van der Waals surface area contributed by atoms with Gasteiger partial charge in [-0.15, -0.1) is 0 Å². The van der Waals surface area contributed by atoms with Crippen molar-refractivity contribution in [1.82, 2.24) is 19.9 Å². The zero-order chi connectivity index (χ0) is 22.6. The van der Waals surface area contributed by atoms with Crippen LogP contribution in [-0.2, 0) is 9.59 Å². The Balaban J connectivity index is 1.78. The van der Waals surface area contributed by atoms with Crippen molar-refractivity contribution in [1.29, 1.82) is 0 Å². The van der Waals surface area contributed by atoms with Crippen LogP contribution < -0.4 is 0 Å². The highest BCUT2D eigenvalue weighted by Crippen LogP contribution is 2.32. The summed E-state index contributed by atoms with van der Waals surface area (Å²) in [5, 5.41) is 4.74. The lowest BCUT2D eigenvalue weighted by molar-refractivity contribution is -0.147. The molecule has 3 rings (SSSR count). The summed E-state index contributed by atoms with van der Waals surface area (Å²) in [6.45, 7) is 8.88. The molecule has 1 aliphatic rings. The van der Waals surface area contributed by atoms with Crippen molar-refractivity contribution < 1.29 is 14.1 Å². The zero-order valence-electron chi connectivity index (χ0n) is 18.7. The van der Waals surface area contributed by atoms with Crippen LogP contribution in [0.15, 0.2) is 28.8 Å². The van der Waals surface area contributed by atoms with Crippen LogP contribution in [0.5, 0.6) is 0 Å². The van der Waals surface area contributed by atoms with E-state index < -0.39 is 5.41 Å². The molecule has 1 saturated heterocycles. The minimum absolute atomic E-state index is 0.0147. The van der Waals surface area contributed by atoms with Gasteiger partial charge in [-0.05, 0) is 49.9 Å². The van der Waals surface area contributed by atoms with E-state index in [0.29, 0.717) is 29.8 Å². The van der Waals surface area contributed by atoms with E-state index in [2.05, 4.69) is 10.1 Å². The maximum atomic E-state index is 13.2. The number of aromatic nitrogens is 2. The number of hydrogen-bond donors (Lipinski definition) is 0. The summed E-state index contributed by atoms with van der Waals surface area (Å²) < 4.78 is 5.55.